The van der Waals surface area contributed by atoms with Crippen LogP contribution in [0.4, 0.5) is 0 Å². The molecule has 29 heavy (non-hydrogen) atoms. The molecule has 0 saturated carbocycles. The van der Waals surface area contributed by atoms with E-state index < -0.39 is 0 Å². The Morgan fingerprint density at radius 3 is 2.48 bits per heavy atom. The van der Waals surface area contributed by atoms with E-state index in [0.29, 0.717) is 17.9 Å². The Morgan fingerprint density at radius 2 is 1.83 bits per heavy atom. The van der Waals surface area contributed by atoms with E-state index in [0.717, 1.165) is 63.6 Å². The quantitative estimate of drug-likeness (QED) is 0.663. The SMILES string of the molecule is CC(C)N1CCC[C@H](C(=O)N(C)CC2CCN(CCc3ccc(Cl)cc3)CC2)C1. The molecule has 0 aliphatic carbocycles. The van der Waals surface area contributed by atoms with Gasteiger partial charge >= 0.3 is 0 Å². The van der Waals surface area contributed by atoms with Gasteiger partial charge in [-0.2, -0.15) is 0 Å². The van der Waals surface area contributed by atoms with Gasteiger partial charge in [-0.05, 0) is 89.2 Å². The normalized spacial score (nSPS) is 22.2. The highest BCUT2D eigenvalue weighted by atomic mass is 35.5. The second-order valence-corrected chi connectivity index (χ2v) is 9.74. The Kier molecular flexibility index (Phi) is 8.40. The lowest BCUT2D eigenvalue weighted by Gasteiger charge is -2.38. The average Bonchev–Trinajstić information content (AvgIpc) is 2.74. The van der Waals surface area contributed by atoms with E-state index in [1.807, 2.05) is 24.1 Å². The molecule has 2 aliphatic heterocycles. The van der Waals surface area contributed by atoms with E-state index in [1.54, 1.807) is 0 Å². The highest BCUT2D eigenvalue weighted by Gasteiger charge is 2.30. The van der Waals surface area contributed by atoms with E-state index in [-0.39, 0.29) is 5.92 Å². The lowest BCUT2D eigenvalue weighted by molar-refractivity contribution is -0.137. The van der Waals surface area contributed by atoms with Crippen LogP contribution in [-0.4, -0.2) is 73.0 Å². The third-order valence-electron chi connectivity index (χ3n) is 6.78. The zero-order valence-electron chi connectivity index (χ0n) is 18.4. The van der Waals surface area contributed by atoms with E-state index in [9.17, 15) is 4.79 Å². The van der Waals surface area contributed by atoms with Crippen molar-refractivity contribution in [1.82, 2.24) is 14.7 Å². The maximum Gasteiger partial charge on any atom is 0.226 e. The zero-order valence-corrected chi connectivity index (χ0v) is 19.2. The van der Waals surface area contributed by atoms with Crippen LogP contribution >= 0.6 is 11.6 Å². The molecule has 0 radical (unpaired) electrons. The molecule has 2 fully saturated rings. The number of rotatable bonds is 7. The van der Waals surface area contributed by atoms with Gasteiger partial charge in [0.25, 0.3) is 0 Å². The minimum absolute atomic E-state index is 0.190. The van der Waals surface area contributed by atoms with Gasteiger partial charge in [-0.25, -0.2) is 0 Å². The maximum atomic E-state index is 13.0. The fourth-order valence-corrected chi connectivity index (χ4v) is 4.92. The van der Waals surface area contributed by atoms with Crippen LogP contribution in [-0.2, 0) is 11.2 Å². The molecule has 0 N–H and O–H groups in total. The summed E-state index contributed by atoms with van der Waals surface area (Å²) >= 11 is 5.97. The first-order valence-corrected chi connectivity index (χ1v) is 11.8. The van der Waals surface area contributed by atoms with Gasteiger partial charge in [0.15, 0.2) is 0 Å². The van der Waals surface area contributed by atoms with Crippen molar-refractivity contribution in [2.75, 3.05) is 46.3 Å². The summed E-state index contributed by atoms with van der Waals surface area (Å²) in [5.41, 5.74) is 1.35. The molecule has 4 nitrogen and oxygen atoms in total. The van der Waals surface area contributed by atoms with Gasteiger partial charge in [0.2, 0.25) is 5.91 Å². The smallest absolute Gasteiger partial charge is 0.226 e. The van der Waals surface area contributed by atoms with Crippen LogP contribution < -0.4 is 0 Å². The van der Waals surface area contributed by atoms with E-state index in [1.165, 1.54) is 18.4 Å². The van der Waals surface area contributed by atoms with Crippen LogP contribution in [0.15, 0.2) is 24.3 Å². The molecular weight excluding hydrogens is 382 g/mol. The summed E-state index contributed by atoms with van der Waals surface area (Å²) in [6, 6.07) is 8.74. The van der Waals surface area contributed by atoms with E-state index in [4.69, 9.17) is 11.6 Å². The summed E-state index contributed by atoms with van der Waals surface area (Å²) < 4.78 is 0. The number of carbonyl (C=O) groups is 1. The number of amides is 1. The van der Waals surface area contributed by atoms with Gasteiger partial charge in [0.05, 0.1) is 5.92 Å². The molecule has 1 aromatic carbocycles. The van der Waals surface area contributed by atoms with Crippen molar-refractivity contribution in [3.05, 3.63) is 34.9 Å². The molecule has 2 aliphatic rings. The minimum Gasteiger partial charge on any atom is -0.345 e. The number of piperidine rings is 2. The van der Waals surface area contributed by atoms with Crippen LogP contribution in [0.2, 0.25) is 5.02 Å². The molecule has 2 heterocycles. The first-order valence-electron chi connectivity index (χ1n) is 11.4. The number of hydrogen-bond acceptors (Lipinski definition) is 3. The summed E-state index contributed by atoms with van der Waals surface area (Å²) in [6.45, 7) is 10.9. The Labute approximate surface area is 182 Å². The molecule has 0 unspecified atom stereocenters. The summed E-state index contributed by atoms with van der Waals surface area (Å²) in [4.78, 5) is 20.0. The van der Waals surface area contributed by atoms with E-state index in [2.05, 4.69) is 35.8 Å². The molecule has 0 aromatic heterocycles. The van der Waals surface area contributed by atoms with Gasteiger partial charge in [-0.3, -0.25) is 4.79 Å². The van der Waals surface area contributed by atoms with Gasteiger partial charge < -0.3 is 14.7 Å². The van der Waals surface area contributed by atoms with Crippen molar-refractivity contribution in [2.24, 2.45) is 11.8 Å². The van der Waals surface area contributed by atoms with Gasteiger partial charge in [-0.1, -0.05) is 23.7 Å². The number of benzene rings is 1. The van der Waals surface area contributed by atoms with Crippen LogP contribution in [0.5, 0.6) is 0 Å². The number of halogens is 1. The fourth-order valence-electron chi connectivity index (χ4n) is 4.80. The average molecular weight is 420 g/mol. The third kappa shape index (κ3) is 6.70. The van der Waals surface area contributed by atoms with Gasteiger partial charge in [0.1, 0.15) is 0 Å². The molecule has 1 aromatic rings. The van der Waals surface area contributed by atoms with Crippen molar-refractivity contribution < 1.29 is 4.79 Å². The Morgan fingerprint density at radius 1 is 1.14 bits per heavy atom. The second-order valence-electron chi connectivity index (χ2n) is 9.31. The third-order valence-corrected chi connectivity index (χ3v) is 7.03. The van der Waals surface area contributed by atoms with Crippen LogP contribution in [0.25, 0.3) is 0 Å². The number of hydrogen-bond donors (Lipinski definition) is 0. The Bertz CT molecular complexity index is 640. The Hall–Kier alpha value is -1.10. The van der Waals surface area contributed by atoms with Crippen LogP contribution in [0.1, 0.15) is 45.1 Å². The molecule has 2 saturated heterocycles. The highest BCUT2D eigenvalue weighted by Crippen LogP contribution is 2.23. The molecular formula is C24H38ClN3O. The largest absolute Gasteiger partial charge is 0.345 e. The van der Waals surface area contributed by atoms with Crippen molar-refractivity contribution >= 4 is 17.5 Å². The Balaban J connectivity index is 1.38. The molecule has 1 amide bonds. The topological polar surface area (TPSA) is 26.8 Å². The van der Waals surface area contributed by atoms with Crippen molar-refractivity contribution in [3.8, 4) is 0 Å². The van der Waals surface area contributed by atoms with Crippen LogP contribution in [0, 0.1) is 11.8 Å². The molecule has 0 spiro atoms. The van der Waals surface area contributed by atoms with Crippen molar-refractivity contribution in [2.45, 2.75) is 52.0 Å². The van der Waals surface area contributed by atoms with Crippen LogP contribution in [0.3, 0.4) is 0 Å². The summed E-state index contributed by atoms with van der Waals surface area (Å²) in [5, 5.41) is 0.804. The molecule has 5 heteroatoms. The second kappa shape index (κ2) is 10.8. The minimum atomic E-state index is 0.190. The molecule has 1 atom stereocenters. The molecule has 3 rings (SSSR count). The number of carbonyl (C=O) groups excluding carboxylic acids is 1. The predicted octanol–water partition coefficient (Wildman–Crippen LogP) is 4.17. The van der Waals surface area contributed by atoms with Crippen molar-refractivity contribution in [3.63, 3.8) is 0 Å². The lowest BCUT2D eigenvalue weighted by Crippen LogP contribution is -2.47. The summed E-state index contributed by atoms with van der Waals surface area (Å²) in [5.74, 6) is 1.19. The highest BCUT2D eigenvalue weighted by molar-refractivity contribution is 6.30. The summed E-state index contributed by atoms with van der Waals surface area (Å²) in [7, 11) is 2.02. The van der Waals surface area contributed by atoms with Crippen molar-refractivity contribution in [1.29, 1.82) is 0 Å². The zero-order chi connectivity index (χ0) is 20.8. The summed E-state index contributed by atoms with van der Waals surface area (Å²) in [6.07, 6.45) is 5.67. The number of nitrogens with zero attached hydrogens (tertiary/aromatic N) is 3. The fraction of sp³-hybridized carbons (Fsp3) is 0.708. The predicted molar refractivity (Wildman–Crippen MR) is 121 cm³/mol. The van der Waals surface area contributed by atoms with Gasteiger partial charge in [-0.15, -0.1) is 0 Å². The maximum absolute atomic E-state index is 13.0. The molecule has 162 valence electrons. The van der Waals surface area contributed by atoms with Gasteiger partial charge in [0, 0.05) is 37.7 Å². The monoisotopic (exact) mass is 419 g/mol. The lowest BCUT2D eigenvalue weighted by atomic mass is 9.93. The first kappa shape index (κ1) is 22.6. The standard InChI is InChI=1S/C24H38ClN3O/c1-19(2)28-13-4-5-22(18-28)24(29)26(3)17-21-11-15-27(16-12-21)14-10-20-6-8-23(25)9-7-20/h6-9,19,21-22H,4-5,10-18H2,1-3H3/t22-/m0/s1. The van der Waals surface area contributed by atoms with E-state index >= 15 is 0 Å². The molecule has 0 bridgehead atoms. The first-order chi connectivity index (χ1) is 13.9. The number of likely N-dealkylation sites (tertiary alicyclic amines) is 2.